The first kappa shape index (κ1) is 13.2. The number of piperazine rings is 1. The Morgan fingerprint density at radius 1 is 1.14 bits per heavy atom. The Morgan fingerprint density at radius 3 is 2.76 bits per heavy atom. The van der Waals surface area contributed by atoms with E-state index in [0.717, 1.165) is 37.6 Å². The van der Waals surface area contributed by atoms with E-state index in [2.05, 4.69) is 45.5 Å². The van der Waals surface area contributed by atoms with E-state index >= 15 is 0 Å². The molecule has 2 aliphatic rings. The summed E-state index contributed by atoms with van der Waals surface area (Å²) in [5.41, 5.74) is 2.61. The van der Waals surface area contributed by atoms with Gasteiger partial charge in [-0.2, -0.15) is 0 Å². The second kappa shape index (κ2) is 5.74. The van der Waals surface area contributed by atoms with Crippen molar-refractivity contribution in [2.75, 3.05) is 26.2 Å². The summed E-state index contributed by atoms with van der Waals surface area (Å²) in [6.45, 7) is 4.55. The predicted octanol–water partition coefficient (Wildman–Crippen LogP) is 2.98. The topological polar surface area (TPSA) is 28.2 Å². The van der Waals surface area contributed by atoms with Gasteiger partial charge in [-0.05, 0) is 30.0 Å². The van der Waals surface area contributed by atoms with Gasteiger partial charge in [0.15, 0.2) is 0 Å². The number of benzene rings is 1. The quantitative estimate of drug-likeness (QED) is 0.934. The number of para-hydroxylation sites is 1. The average molecular weight is 281 g/mol. The third kappa shape index (κ3) is 2.81. The number of nitrogens with one attached hydrogen (secondary N) is 1. The normalized spacial score (nSPS) is 21.5. The second-order valence-electron chi connectivity index (χ2n) is 6.40. The molecule has 1 aliphatic carbocycles. The molecule has 1 saturated heterocycles. The predicted molar refractivity (Wildman–Crippen MR) is 86.3 cm³/mol. The highest BCUT2D eigenvalue weighted by Gasteiger charge is 2.31. The Kier molecular flexibility index (Phi) is 3.62. The van der Waals surface area contributed by atoms with E-state index in [1.165, 1.54) is 30.2 Å². The van der Waals surface area contributed by atoms with Crippen LogP contribution in [0.1, 0.15) is 30.9 Å². The van der Waals surface area contributed by atoms with Crippen molar-refractivity contribution < 1.29 is 0 Å². The number of hydrogen-bond acceptors (Lipinski definition) is 3. The number of nitrogens with zero attached hydrogens (tertiary/aromatic N) is 2. The minimum absolute atomic E-state index is 0.562. The fraction of sp³-hybridized carbons (Fsp3) is 0.500. The molecule has 0 radical (unpaired) electrons. The molecule has 1 aromatic carbocycles. The molecular weight excluding hydrogens is 258 g/mol. The van der Waals surface area contributed by atoms with Crippen LogP contribution < -0.4 is 5.32 Å². The molecule has 21 heavy (non-hydrogen) atoms. The Bertz CT molecular complexity index is 609. The van der Waals surface area contributed by atoms with E-state index in [1.807, 2.05) is 6.20 Å². The Morgan fingerprint density at radius 2 is 1.95 bits per heavy atom. The minimum Gasteiger partial charge on any atom is -0.314 e. The van der Waals surface area contributed by atoms with E-state index in [1.54, 1.807) is 0 Å². The smallest absolute Gasteiger partial charge is 0.0705 e. The van der Waals surface area contributed by atoms with Gasteiger partial charge in [-0.3, -0.25) is 9.88 Å². The molecular formula is C18H23N3. The first-order valence-corrected chi connectivity index (χ1v) is 8.20. The summed E-state index contributed by atoms with van der Waals surface area (Å²) >= 11 is 0. The number of pyridine rings is 1. The molecule has 110 valence electrons. The lowest BCUT2D eigenvalue weighted by atomic mass is 9.95. The summed E-state index contributed by atoms with van der Waals surface area (Å²) in [4.78, 5) is 7.21. The van der Waals surface area contributed by atoms with Gasteiger partial charge >= 0.3 is 0 Å². The summed E-state index contributed by atoms with van der Waals surface area (Å²) in [6.07, 6.45) is 6.14. The maximum absolute atomic E-state index is 4.53. The Labute approximate surface area is 126 Å². The Hall–Kier alpha value is -1.45. The van der Waals surface area contributed by atoms with Gasteiger partial charge in [-0.15, -0.1) is 0 Å². The zero-order valence-electron chi connectivity index (χ0n) is 12.5. The van der Waals surface area contributed by atoms with Crippen molar-refractivity contribution in [1.82, 2.24) is 15.2 Å². The van der Waals surface area contributed by atoms with Crippen LogP contribution in [0.25, 0.3) is 10.9 Å². The number of rotatable bonds is 4. The van der Waals surface area contributed by atoms with Crippen LogP contribution in [-0.2, 0) is 0 Å². The zero-order chi connectivity index (χ0) is 14.1. The molecule has 1 saturated carbocycles. The van der Waals surface area contributed by atoms with Crippen molar-refractivity contribution >= 4 is 10.9 Å². The summed E-state index contributed by atoms with van der Waals surface area (Å²) in [6, 6.07) is 11.4. The minimum atomic E-state index is 0.562. The third-order valence-corrected chi connectivity index (χ3v) is 4.89. The molecule has 1 aromatic heterocycles. The van der Waals surface area contributed by atoms with E-state index in [-0.39, 0.29) is 0 Å². The van der Waals surface area contributed by atoms with Crippen molar-refractivity contribution in [2.24, 2.45) is 5.92 Å². The molecule has 0 spiro atoms. The van der Waals surface area contributed by atoms with E-state index < -0.39 is 0 Å². The highest BCUT2D eigenvalue weighted by Crippen LogP contribution is 2.41. The molecule has 0 unspecified atom stereocenters. The van der Waals surface area contributed by atoms with Crippen LogP contribution in [0.15, 0.2) is 36.5 Å². The molecule has 4 rings (SSSR count). The largest absolute Gasteiger partial charge is 0.314 e. The molecule has 3 heteroatoms. The number of fused-ring (bicyclic) bond motifs is 1. The van der Waals surface area contributed by atoms with Gasteiger partial charge in [0.2, 0.25) is 0 Å². The van der Waals surface area contributed by atoms with Crippen molar-refractivity contribution in [3.8, 4) is 0 Å². The number of aromatic nitrogens is 1. The average Bonchev–Trinajstić information content (AvgIpc) is 3.37. The highest BCUT2D eigenvalue weighted by atomic mass is 15.2. The summed E-state index contributed by atoms with van der Waals surface area (Å²) in [5.74, 6) is 0.941. The molecule has 1 atom stereocenters. The van der Waals surface area contributed by atoms with E-state index in [4.69, 9.17) is 0 Å². The first-order chi connectivity index (χ1) is 10.4. The maximum Gasteiger partial charge on any atom is 0.0705 e. The van der Waals surface area contributed by atoms with Gasteiger partial charge in [0, 0.05) is 43.8 Å². The van der Waals surface area contributed by atoms with Crippen LogP contribution >= 0.6 is 0 Å². The monoisotopic (exact) mass is 281 g/mol. The fourth-order valence-corrected chi connectivity index (χ4v) is 3.54. The van der Waals surface area contributed by atoms with Crippen molar-refractivity contribution in [1.29, 1.82) is 0 Å². The number of hydrogen-bond donors (Lipinski definition) is 1. The van der Waals surface area contributed by atoms with Gasteiger partial charge in [-0.1, -0.05) is 31.0 Å². The van der Waals surface area contributed by atoms with E-state index in [9.17, 15) is 0 Å². The maximum atomic E-state index is 4.53. The molecule has 2 aromatic rings. The van der Waals surface area contributed by atoms with Crippen LogP contribution in [-0.4, -0.2) is 36.1 Å². The van der Waals surface area contributed by atoms with Crippen LogP contribution in [0.3, 0.4) is 0 Å². The van der Waals surface area contributed by atoms with Gasteiger partial charge in [0.05, 0.1) is 5.52 Å². The zero-order valence-corrected chi connectivity index (χ0v) is 12.5. The van der Waals surface area contributed by atoms with Crippen LogP contribution in [0.5, 0.6) is 0 Å². The fourth-order valence-electron chi connectivity index (χ4n) is 3.54. The first-order valence-electron chi connectivity index (χ1n) is 8.20. The molecule has 3 nitrogen and oxygen atoms in total. The van der Waals surface area contributed by atoms with Crippen molar-refractivity contribution in [2.45, 2.75) is 25.3 Å². The lowest BCUT2D eigenvalue weighted by molar-refractivity contribution is 0.161. The molecule has 1 aliphatic heterocycles. The van der Waals surface area contributed by atoms with E-state index in [0.29, 0.717) is 6.04 Å². The van der Waals surface area contributed by atoms with Gasteiger partial charge in [-0.25, -0.2) is 0 Å². The van der Waals surface area contributed by atoms with Crippen LogP contribution in [0.2, 0.25) is 0 Å². The molecule has 2 fully saturated rings. The second-order valence-corrected chi connectivity index (χ2v) is 6.40. The van der Waals surface area contributed by atoms with Crippen molar-refractivity contribution in [3.05, 3.63) is 42.1 Å². The molecule has 0 amide bonds. The highest BCUT2D eigenvalue weighted by molar-refractivity contribution is 5.82. The summed E-state index contributed by atoms with van der Waals surface area (Å²) < 4.78 is 0. The molecule has 2 heterocycles. The summed E-state index contributed by atoms with van der Waals surface area (Å²) in [7, 11) is 0. The van der Waals surface area contributed by atoms with Gasteiger partial charge in [0.25, 0.3) is 0 Å². The Balaban J connectivity index is 1.72. The van der Waals surface area contributed by atoms with Crippen LogP contribution in [0, 0.1) is 5.92 Å². The van der Waals surface area contributed by atoms with Crippen molar-refractivity contribution in [3.63, 3.8) is 0 Å². The third-order valence-electron chi connectivity index (χ3n) is 4.89. The molecule has 1 N–H and O–H groups in total. The van der Waals surface area contributed by atoms with Gasteiger partial charge in [0.1, 0.15) is 0 Å². The lowest BCUT2D eigenvalue weighted by Crippen LogP contribution is -2.45. The lowest BCUT2D eigenvalue weighted by Gasteiger charge is -2.36. The SMILES string of the molecule is c1ccc2c([C@@H](CC3CC3)N3CCNCC3)ccnc2c1. The van der Waals surface area contributed by atoms with Gasteiger partial charge < -0.3 is 5.32 Å². The standard InChI is InChI=1S/C18H23N3/c1-2-4-17-15(3-1)16(7-8-20-17)18(13-14-5-6-14)21-11-9-19-10-12-21/h1-4,7-8,14,18-19H,5-6,9-13H2/t18-/m1/s1. The molecule has 0 bridgehead atoms. The summed E-state index contributed by atoms with van der Waals surface area (Å²) in [5, 5.41) is 4.81. The van der Waals surface area contributed by atoms with Crippen LogP contribution in [0.4, 0.5) is 0 Å².